The number of anilines is 1. The number of aryl methyl sites for hydroxylation is 1. The van der Waals surface area contributed by atoms with Crippen LogP contribution in [0.3, 0.4) is 0 Å². The van der Waals surface area contributed by atoms with Crippen molar-refractivity contribution in [2.75, 3.05) is 38.1 Å². The van der Waals surface area contributed by atoms with E-state index in [1.165, 1.54) is 5.56 Å². The maximum absolute atomic E-state index is 11.4. The summed E-state index contributed by atoms with van der Waals surface area (Å²) in [7, 11) is 2.12. The Bertz CT molecular complexity index is 645. The highest BCUT2D eigenvalue weighted by molar-refractivity contribution is 5.92. The zero-order chi connectivity index (χ0) is 14.1. The summed E-state index contributed by atoms with van der Waals surface area (Å²) >= 11 is 0. The first-order valence-electron chi connectivity index (χ1n) is 6.97. The summed E-state index contributed by atoms with van der Waals surface area (Å²) in [6.07, 6.45) is 0.919. The molecule has 1 saturated heterocycles. The first kappa shape index (κ1) is 13.1. The second-order valence-corrected chi connectivity index (χ2v) is 5.51. The molecule has 0 spiro atoms. The van der Waals surface area contributed by atoms with Crippen LogP contribution >= 0.6 is 0 Å². The molecule has 0 bridgehead atoms. The Balaban J connectivity index is 2.05. The second-order valence-electron chi connectivity index (χ2n) is 5.51. The molecule has 1 fully saturated rings. The Morgan fingerprint density at radius 3 is 2.60 bits per heavy atom. The maximum Gasteiger partial charge on any atom is 0.153 e. The number of nitrogens with zero attached hydrogens (tertiary/aromatic N) is 3. The van der Waals surface area contributed by atoms with Gasteiger partial charge in [-0.05, 0) is 32.2 Å². The van der Waals surface area contributed by atoms with Crippen LogP contribution in [0, 0.1) is 6.92 Å². The van der Waals surface area contributed by atoms with Crippen molar-refractivity contribution in [2.24, 2.45) is 0 Å². The number of pyridine rings is 1. The monoisotopic (exact) mass is 269 g/mol. The van der Waals surface area contributed by atoms with Gasteiger partial charge in [0.15, 0.2) is 6.29 Å². The van der Waals surface area contributed by atoms with Gasteiger partial charge in [-0.3, -0.25) is 4.79 Å². The van der Waals surface area contributed by atoms with E-state index in [1.54, 1.807) is 0 Å². The molecule has 2 aromatic rings. The van der Waals surface area contributed by atoms with Crippen LogP contribution in [0.1, 0.15) is 15.9 Å². The largest absolute Gasteiger partial charge is 0.353 e. The molecular formula is C16H19N3O. The Morgan fingerprint density at radius 2 is 1.90 bits per heavy atom. The third-order valence-corrected chi connectivity index (χ3v) is 3.91. The van der Waals surface area contributed by atoms with Crippen LogP contribution in [0.5, 0.6) is 0 Å². The third-order valence-electron chi connectivity index (χ3n) is 3.91. The lowest BCUT2D eigenvalue weighted by Gasteiger charge is -2.33. The molecule has 104 valence electrons. The van der Waals surface area contributed by atoms with Gasteiger partial charge in [-0.1, -0.05) is 11.6 Å². The summed E-state index contributed by atoms with van der Waals surface area (Å²) < 4.78 is 0. The lowest BCUT2D eigenvalue weighted by Crippen LogP contribution is -2.45. The molecule has 3 rings (SSSR count). The predicted molar refractivity (Wildman–Crippen MR) is 81.6 cm³/mol. The SMILES string of the molecule is Cc1ccc2nc(N3CCN(C)CC3)c(C=O)cc2c1. The van der Waals surface area contributed by atoms with Gasteiger partial charge < -0.3 is 9.80 Å². The maximum atomic E-state index is 11.4. The van der Waals surface area contributed by atoms with Crippen LogP contribution < -0.4 is 4.90 Å². The topological polar surface area (TPSA) is 36.4 Å². The molecule has 4 heteroatoms. The fourth-order valence-electron chi connectivity index (χ4n) is 2.66. The summed E-state index contributed by atoms with van der Waals surface area (Å²) in [5.74, 6) is 0.824. The molecular weight excluding hydrogens is 250 g/mol. The van der Waals surface area contributed by atoms with Gasteiger partial charge in [0, 0.05) is 31.6 Å². The third kappa shape index (κ3) is 2.39. The molecule has 0 N–H and O–H groups in total. The van der Waals surface area contributed by atoms with Gasteiger partial charge >= 0.3 is 0 Å². The lowest BCUT2D eigenvalue weighted by molar-refractivity contribution is 0.112. The lowest BCUT2D eigenvalue weighted by atomic mass is 10.1. The summed E-state index contributed by atoms with van der Waals surface area (Å²) in [5, 5.41) is 1.03. The van der Waals surface area contributed by atoms with E-state index in [4.69, 9.17) is 4.98 Å². The fourth-order valence-corrected chi connectivity index (χ4v) is 2.66. The van der Waals surface area contributed by atoms with E-state index < -0.39 is 0 Å². The van der Waals surface area contributed by atoms with Crippen molar-refractivity contribution in [2.45, 2.75) is 6.92 Å². The highest BCUT2D eigenvalue weighted by Crippen LogP contribution is 2.24. The molecule has 0 unspecified atom stereocenters. The van der Waals surface area contributed by atoms with Gasteiger partial charge in [-0.15, -0.1) is 0 Å². The number of benzene rings is 1. The van der Waals surface area contributed by atoms with Crippen LogP contribution in [0.15, 0.2) is 24.3 Å². The average molecular weight is 269 g/mol. The number of hydrogen-bond donors (Lipinski definition) is 0. The molecule has 0 atom stereocenters. The zero-order valence-electron chi connectivity index (χ0n) is 12.0. The molecule has 1 aliphatic rings. The van der Waals surface area contributed by atoms with E-state index >= 15 is 0 Å². The standard InChI is InChI=1S/C16H19N3O/c1-12-3-4-15-13(9-12)10-14(11-20)16(17-15)19-7-5-18(2)6-8-19/h3-4,9-11H,5-8H2,1-2H3. The van der Waals surface area contributed by atoms with E-state index in [-0.39, 0.29) is 0 Å². The molecule has 2 heterocycles. The van der Waals surface area contributed by atoms with Crippen molar-refractivity contribution in [1.82, 2.24) is 9.88 Å². The van der Waals surface area contributed by atoms with E-state index in [0.717, 1.165) is 49.2 Å². The van der Waals surface area contributed by atoms with Crippen LogP contribution in [-0.2, 0) is 0 Å². The normalized spacial score (nSPS) is 16.6. The molecule has 1 aromatic carbocycles. The summed E-state index contributed by atoms with van der Waals surface area (Å²) in [6.45, 7) is 5.90. The number of rotatable bonds is 2. The Labute approximate surface area is 119 Å². The van der Waals surface area contributed by atoms with E-state index in [2.05, 4.69) is 35.9 Å². The Morgan fingerprint density at radius 1 is 1.15 bits per heavy atom. The molecule has 0 radical (unpaired) electrons. The predicted octanol–water partition coefficient (Wildman–Crippen LogP) is 2.11. The molecule has 0 saturated carbocycles. The van der Waals surface area contributed by atoms with Crippen LogP contribution in [0.25, 0.3) is 10.9 Å². The van der Waals surface area contributed by atoms with Crippen molar-refractivity contribution >= 4 is 23.0 Å². The minimum Gasteiger partial charge on any atom is -0.353 e. The van der Waals surface area contributed by atoms with Gasteiger partial charge in [-0.2, -0.15) is 0 Å². The number of piperazine rings is 1. The summed E-state index contributed by atoms with van der Waals surface area (Å²) in [4.78, 5) is 20.6. The van der Waals surface area contributed by atoms with Crippen molar-refractivity contribution in [3.63, 3.8) is 0 Å². The highest BCUT2D eigenvalue weighted by atomic mass is 16.1. The van der Waals surface area contributed by atoms with E-state index in [0.29, 0.717) is 5.56 Å². The fraction of sp³-hybridized carbons (Fsp3) is 0.375. The van der Waals surface area contributed by atoms with Crippen molar-refractivity contribution in [3.05, 3.63) is 35.4 Å². The minimum absolute atomic E-state index is 0.688. The first-order valence-corrected chi connectivity index (χ1v) is 6.97. The zero-order valence-corrected chi connectivity index (χ0v) is 12.0. The highest BCUT2D eigenvalue weighted by Gasteiger charge is 2.18. The molecule has 20 heavy (non-hydrogen) atoms. The molecule has 1 aliphatic heterocycles. The summed E-state index contributed by atoms with van der Waals surface area (Å²) in [5.41, 5.74) is 2.83. The van der Waals surface area contributed by atoms with Gasteiger partial charge in [-0.25, -0.2) is 4.98 Å². The number of likely N-dealkylation sites (N-methyl/N-ethyl adjacent to an activating group) is 1. The minimum atomic E-state index is 0.688. The molecule has 1 aromatic heterocycles. The average Bonchev–Trinajstić information content (AvgIpc) is 2.46. The quantitative estimate of drug-likeness (QED) is 0.782. The smallest absolute Gasteiger partial charge is 0.153 e. The molecule has 4 nitrogen and oxygen atoms in total. The van der Waals surface area contributed by atoms with Gasteiger partial charge in [0.05, 0.1) is 11.1 Å². The number of aromatic nitrogens is 1. The molecule has 0 aliphatic carbocycles. The van der Waals surface area contributed by atoms with Gasteiger partial charge in [0.1, 0.15) is 5.82 Å². The molecule has 0 amide bonds. The number of carbonyl (C=O) groups excluding carboxylic acids is 1. The Hall–Kier alpha value is -1.94. The van der Waals surface area contributed by atoms with Crippen LogP contribution in [-0.4, -0.2) is 49.4 Å². The van der Waals surface area contributed by atoms with E-state index in [1.807, 2.05) is 12.1 Å². The number of hydrogen-bond acceptors (Lipinski definition) is 4. The van der Waals surface area contributed by atoms with Gasteiger partial charge in [0.25, 0.3) is 0 Å². The van der Waals surface area contributed by atoms with Crippen molar-refractivity contribution in [1.29, 1.82) is 0 Å². The number of aldehydes is 1. The Kier molecular flexibility index (Phi) is 3.40. The van der Waals surface area contributed by atoms with Crippen molar-refractivity contribution in [3.8, 4) is 0 Å². The van der Waals surface area contributed by atoms with Crippen molar-refractivity contribution < 1.29 is 4.79 Å². The van der Waals surface area contributed by atoms with Crippen LogP contribution in [0.4, 0.5) is 5.82 Å². The second kappa shape index (κ2) is 5.21. The van der Waals surface area contributed by atoms with Crippen LogP contribution in [0.2, 0.25) is 0 Å². The van der Waals surface area contributed by atoms with E-state index in [9.17, 15) is 4.79 Å². The number of carbonyl (C=O) groups is 1. The first-order chi connectivity index (χ1) is 9.67. The summed E-state index contributed by atoms with van der Waals surface area (Å²) in [6, 6.07) is 8.11. The number of fused-ring (bicyclic) bond motifs is 1. The van der Waals surface area contributed by atoms with Gasteiger partial charge in [0.2, 0.25) is 0 Å².